The molecule has 0 aromatic heterocycles. The van der Waals surface area contributed by atoms with Crippen molar-refractivity contribution in [1.82, 2.24) is 14.7 Å². The van der Waals surface area contributed by atoms with Crippen molar-refractivity contribution in [2.45, 2.75) is 99.6 Å². The summed E-state index contributed by atoms with van der Waals surface area (Å²) in [6.45, 7) is 14.1. The molecular formula is C30H47N3O4S. The molecular weight excluding hydrogens is 498 g/mol. The van der Waals surface area contributed by atoms with Crippen LogP contribution in [0.25, 0.3) is 0 Å². The molecule has 1 saturated carbocycles. The average molecular weight is 546 g/mol. The maximum atomic E-state index is 14.6. The zero-order chi connectivity index (χ0) is 27.5. The summed E-state index contributed by atoms with van der Waals surface area (Å²) in [5.74, 6) is -0.935. The van der Waals surface area contributed by atoms with E-state index in [1.165, 1.54) is 6.42 Å². The fourth-order valence-electron chi connectivity index (χ4n) is 7.74. The Morgan fingerprint density at radius 2 is 1.82 bits per heavy atom. The van der Waals surface area contributed by atoms with Gasteiger partial charge in [0.1, 0.15) is 6.04 Å². The third kappa shape index (κ3) is 4.96. The Labute approximate surface area is 233 Å². The van der Waals surface area contributed by atoms with Gasteiger partial charge in [0, 0.05) is 43.6 Å². The third-order valence-corrected chi connectivity index (χ3v) is 11.3. The maximum Gasteiger partial charge on any atom is 0.247 e. The summed E-state index contributed by atoms with van der Waals surface area (Å²) >= 11 is 1.75. The lowest BCUT2D eigenvalue weighted by molar-refractivity contribution is -0.146. The van der Waals surface area contributed by atoms with E-state index in [9.17, 15) is 19.5 Å². The smallest absolute Gasteiger partial charge is 0.247 e. The van der Waals surface area contributed by atoms with Crippen LogP contribution in [0.1, 0.15) is 78.1 Å². The molecule has 4 rings (SSSR count). The number of fused-ring (bicyclic) bond motifs is 1. The van der Waals surface area contributed by atoms with E-state index in [1.807, 2.05) is 9.80 Å². The predicted molar refractivity (Wildman–Crippen MR) is 153 cm³/mol. The first-order valence-electron chi connectivity index (χ1n) is 14.7. The second-order valence-electron chi connectivity index (χ2n) is 11.8. The Kier molecular flexibility index (Phi) is 9.34. The van der Waals surface area contributed by atoms with Gasteiger partial charge >= 0.3 is 0 Å². The molecule has 3 saturated heterocycles. The van der Waals surface area contributed by atoms with Gasteiger partial charge in [-0.05, 0) is 51.9 Å². The second kappa shape index (κ2) is 12.2. The zero-order valence-corrected chi connectivity index (χ0v) is 24.2. The number of hydrogen-bond acceptors (Lipinski definition) is 5. The lowest BCUT2D eigenvalue weighted by atomic mass is 9.66. The van der Waals surface area contributed by atoms with E-state index >= 15 is 0 Å². The number of carbonyl (C=O) groups is 3. The van der Waals surface area contributed by atoms with Gasteiger partial charge in [0.15, 0.2) is 0 Å². The lowest BCUT2D eigenvalue weighted by Crippen LogP contribution is -2.57. The summed E-state index contributed by atoms with van der Waals surface area (Å²) in [5.41, 5.74) is 0. The molecule has 3 aliphatic heterocycles. The number of aliphatic hydroxyl groups is 1. The van der Waals surface area contributed by atoms with Gasteiger partial charge in [0.25, 0.3) is 0 Å². The van der Waals surface area contributed by atoms with Crippen molar-refractivity contribution in [3.8, 4) is 0 Å². The number of hydrogen-bond donors (Lipinski definition) is 1. The predicted octanol–water partition coefficient (Wildman–Crippen LogP) is 4.01. The molecule has 4 fully saturated rings. The second-order valence-corrected chi connectivity index (χ2v) is 13.7. The minimum absolute atomic E-state index is 0.0259. The summed E-state index contributed by atoms with van der Waals surface area (Å²) in [5, 5.41) is 9.43. The molecule has 1 N–H and O–H groups in total. The SMILES string of the molecule is C=CCN(CCC)C(=O)[C@H]1[C@H]2C(=O)N(CCCCO)C(C(=O)N(CC=C)C3CCCCC3)C23CC[C@]1(C)S3. The van der Waals surface area contributed by atoms with Crippen LogP contribution < -0.4 is 0 Å². The normalized spacial score (nSPS) is 32.3. The van der Waals surface area contributed by atoms with Crippen LogP contribution in [0.15, 0.2) is 25.3 Å². The summed E-state index contributed by atoms with van der Waals surface area (Å²) in [6, 6.07) is -0.410. The van der Waals surface area contributed by atoms with Crippen LogP contribution in [0.5, 0.6) is 0 Å². The molecule has 0 radical (unpaired) electrons. The van der Waals surface area contributed by atoms with Gasteiger partial charge in [-0.3, -0.25) is 14.4 Å². The van der Waals surface area contributed by atoms with Gasteiger partial charge in [0.05, 0.1) is 16.6 Å². The van der Waals surface area contributed by atoms with Gasteiger partial charge in [0.2, 0.25) is 17.7 Å². The number of amides is 3. The first-order chi connectivity index (χ1) is 18.3. The highest BCUT2D eigenvalue weighted by Gasteiger charge is 2.77. The first kappa shape index (κ1) is 29.2. The van der Waals surface area contributed by atoms with Crippen molar-refractivity contribution in [1.29, 1.82) is 0 Å². The van der Waals surface area contributed by atoms with Crippen LogP contribution >= 0.6 is 11.8 Å². The topological polar surface area (TPSA) is 81.2 Å². The van der Waals surface area contributed by atoms with E-state index < -0.39 is 22.6 Å². The Morgan fingerprint density at radius 3 is 2.45 bits per heavy atom. The summed E-state index contributed by atoms with van der Waals surface area (Å²) in [6.07, 6.45) is 12.6. The number of aliphatic hydroxyl groups excluding tert-OH is 1. The average Bonchev–Trinajstić information content (AvgIpc) is 3.48. The van der Waals surface area contributed by atoms with E-state index in [4.69, 9.17) is 0 Å². The Morgan fingerprint density at radius 1 is 1.11 bits per heavy atom. The number of thioether (sulfide) groups is 1. The van der Waals surface area contributed by atoms with Crippen molar-refractivity contribution in [2.75, 3.05) is 32.8 Å². The fourth-order valence-corrected chi connectivity index (χ4v) is 10.1. The van der Waals surface area contributed by atoms with Crippen molar-refractivity contribution in [3.63, 3.8) is 0 Å². The third-order valence-electron chi connectivity index (χ3n) is 9.36. The highest BCUT2D eigenvalue weighted by atomic mass is 32.2. The molecule has 1 spiro atoms. The van der Waals surface area contributed by atoms with E-state index in [-0.39, 0.29) is 35.1 Å². The highest BCUT2D eigenvalue weighted by molar-refractivity contribution is 8.02. The van der Waals surface area contributed by atoms with Crippen LogP contribution in [0.4, 0.5) is 0 Å². The van der Waals surface area contributed by atoms with Gasteiger partial charge < -0.3 is 19.8 Å². The summed E-state index contributed by atoms with van der Waals surface area (Å²) in [7, 11) is 0. The lowest BCUT2D eigenvalue weighted by Gasteiger charge is -2.41. The molecule has 3 heterocycles. The van der Waals surface area contributed by atoms with E-state index in [0.717, 1.165) is 44.9 Å². The summed E-state index contributed by atoms with van der Waals surface area (Å²) in [4.78, 5) is 48.6. The molecule has 1 aliphatic carbocycles. The first-order valence-corrected chi connectivity index (χ1v) is 15.5. The molecule has 2 unspecified atom stereocenters. The summed E-state index contributed by atoms with van der Waals surface area (Å²) < 4.78 is -0.961. The number of likely N-dealkylation sites (tertiary alicyclic amines) is 1. The van der Waals surface area contributed by atoms with E-state index in [1.54, 1.807) is 28.8 Å². The maximum absolute atomic E-state index is 14.6. The molecule has 5 atom stereocenters. The van der Waals surface area contributed by atoms with Crippen molar-refractivity contribution < 1.29 is 19.5 Å². The molecule has 7 nitrogen and oxygen atoms in total. The van der Waals surface area contributed by atoms with Crippen LogP contribution in [-0.2, 0) is 14.4 Å². The molecule has 212 valence electrons. The van der Waals surface area contributed by atoms with Crippen LogP contribution in [0.3, 0.4) is 0 Å². The molecule has 8 heteroatoms. The standard InChI is InChI=1S/C30H47N3O4S/c1-5-17-31(18-6-2)26(35)23-24-27(36)33(20-11-12-21-34)25(30(24)16-15-29(23,4)38-30)28(37)32(19-7-3)22-13-9-8-10-14-22/h5,7,22-25,34H,1,3,6,8-21H2,2,4H3/t23-,24+,25?,29+,30?/m1/s1. The van der Waals surface area contributed by atoms with Crippen LogP contribution in [0, 0.1) is 11.8 Å². The largest absolute Gasteiger partial charge is 0.396 e. The highest BCUT2D eigenvalue weighted by Crippen LogP contribution is 2.71. The molecule has 4 aliphatic rings. The molecule has 0 aromatic carbocycles. The molecule has 3 amide bonds. The van der Waals surface area contributed by atoms with Gasteiger partial charge in [-0.1, -0.05) is 38.3 Å². The minimum atomic E-state index is -0.595. The number of unbranched alkanes of at least 4 members (excludes halogenated alkanes) is 1. The monoisotopic (exact) mass is 545 g/mol. The Bertz CT molecular complexity index is 921. The molecule has 0 aromatic rings. The van der Waals surface area contributed by atoms with Gasteiger partial charge in [-0.25, -0.2) is 0 Å². The van der Waals surface area contributed by atoms with Gasteiger partial charge in [-0.2, -0.15) is 0 Å². The Balaban J connectivity index is 1.73. The quantitative estimate of drug-likeness (QED) is 0.279. The van der Waals surface area contributed by atoms with Crippen LogP contribution in [0.2, 0.25) is 0 Å². The van der Waals surface area contributed by atoms with Gasteiger partial charge in [-0.15, -0.1) is 24.9 Å². The van der Waals surface area contributed by atoms with E-state index in [2.05, 4.69) is 27.0 Å². The van der Waals surface area contributed by atoms with Crippen molar-refractivity contribution >= 4 is 29.5 Å². The van der Waals surface area contributed by atoms with E-state index in [0.29, 0.717) is 39.0 Å². The number of carbonyl (C=O) groups excluding carboxylic acids is 3. The van der Waals surface area contributed by atoms with Crippen molar-refractivity contribution in [3.05, 3.63) is 25.3 Å². The molecule has 2 bridgehead atoms. The molecule has 38 heavy (non-hydrogen) atoms. The van der Waals surface area contributed by atoms with Crippen LogP contribution in [-0.4, -0.2) is 91.9 Å². The Hall–Kier alpha value is -1.80. The zero-order valence-electron chi connectivity index (χ0n) is 23.4. The van der Waals surface area contributed by atoms with Crippen molar-refractivity contribution in [2.24, 2.45) is 11.8 Å². The fraction of sp³-hybridized carbons (Fsp3) is 0.767. The number of nitrogens with zero attached hydrogens (tertiary/aromatic N) is 3. The minimum Gasteiger partial charge on any atom is -0.396 e. The number of rotatable bonds is 13.